The van der Waals surface area contributed by atoms with Gasteiger partial charge in [-0.25, -0.2) is 4.98 Å². The van der Waals surface area contributed by atoms with Crippen LogP contribution in [0.5, 0.6) is 0 Å². The highest BCUT2D eigenvalue weighted by Gasteiger charge is 2.17. The van der Waals surface area contributed by atoms with Crippen molar-refractivity contribution in [1.82, 2.24) is 9.97 Å². The summed E-state index contributed by atoms with van der Waals surface area (Å²) in [7, 11) is 0. The molecule has 2 rings (SSSR count). The quantitative estimate of drug-likeness (QED) is 0.662. The lowest BCUT2D eigenvalue weighted by Gasteiger charge is -2.24. The lowest BCUT2D eigenvalue weighted by molar-refractivity contribution is -0.118. The van der Waals surface area contributed by atoms with Crippen molar-refractivity contribution in [1.29, 1.82) is 0 Å². The van der Waals surface area contributed by atoms with Crippen LogP contribution >= 0.6 is 0 Å². The molecule has 1 aromatic heterocycles. The second-order valence-corrected chi connectivity index (χ2v) is 2.98. The fourth-order valence-corrected chi connectivity index (χ4v) is 1.45. The fourth-order valence-electron chi connectivity index (χ4n) is 1.45. The van der Waals surface area contributed by atoms with Gasteiger partial charge in [-0.15, -0.1) is 0 Å². The van der Waals surface area contributed by atoms with Gasteiger partial charge in [0.1, 0.15) is 0 Å². The van der Waals surface area contributed by atoms with Crippen molar-refractivity contribution in [2.24, 2.45) is 0 Å². The zero-order valence-electron chi connectivity index (χ0n) is 6.79. The Morgan fingerprint density at radius 2 is 2.50 bits per heavy atom. The van der Waals surface area contributed by atoms with E-state index in [1.54, 1.807) is 12.4 Å². The predicted octanol–water partition coefficient (Wildman–Crippen LogP) is 0.579. The summed E-state index contributed by atoms with van der Waals surface area (Å²) in [6.45, 7) is 1.44. The molecule has 1 N–H and O–H groups in total. The lowest BCUT2D eigenvalue weighted by atomic mass is 10.1. The summed E-state index contributed by atoms with van der Waals surface area (Å²) in [5, 5.41) is 0. The normalized spacial score (nSPS) is 18.3. The number of nitrogens with one attached hydrogen (secondary N) is 1. The molecule has 0 unspecified atom stereocenters. The number of Topliss-reactive ketones (excluding diaryl/α,β-unsaturated/α-hetero) is 1. The molecule has 0 bridgehead atoms. The van der Waals surface area contributed by atoms with Crippen molar-refractivity contribution in [3.05, 3.63) is 12.4 Å². The number of carbonyl (C=O) groups is 1. The molecule has 4 nitrogen and oxygen atoms in total. The third kappa shape index (κ3) is 1.32. The summed E-state index contributed by atoms with van der Waals surface area (Å²) in [4.78, 5) is 20.1. The van der Waals surface area contributed by atoms with Gasteiger partial charge in [-0.3, -0.25) is 4.79 Å². The summed E-state index contributed by atoms with van der Waals surface area (Å²) >= 11 is 0. The number of rotatable bonds is 1. The Morgan fingerprint density at radius 3 is 3.17 bits per heavy atom. The Morgan fingerprint density at radius 1 is 1.58 bits per heavy atom. The van der Waals surface area contributed by atoms with Crippen molar-refractivity contribution in [3.8, 4) is 0 Å². The minimum atomic E-state index is 0.303. The molecular weight excluding hydrogens is 154 g/mol. The van der Waals surface area contributed by atoms with Crippen molar-refractivity contribution < 1.29 is 4.79 Å². The van der Waals surface area contributed by atoms with Crippen molar-refractivity contribution in [3.63, 3.8) is 0 Å². The molecular formula is C8H11N3O. The maximum atomic E-state index is 11.1. The van der Waals surface area contributed by atoms with Gasteiger partial charge in [0.25, 0.3) is 0 Å². The van der Waals surface area contributed by atoms with Crippen molar-refractivity contribution >= 4 is 11.7 Å². The van der Waals surface area contributed by atoms with Gasteiger partial charge in [-0.1, -0.05) is 0 Å². The van der Waals surface area contributed by atoms with Crippen molar-refractivity contribution in [2.75, 3.05) is 18.0 Å². The molecule has 0 aliphatic carbocycles. The van der Waals surface area contributed by atoms with Crippen molar-refractivity contribution in [2.45, 2.75) is 12.8 Å². The van der Waals surface area contributed by atoms with E-state index in [0.29, 0.717) is 12.3 Å². The Balaban J connectivity index is 2.09. The number of imidazole rings is 1. The van der Waals surface area contributed by atoms with Crippen LogP contribution in [0, 0.1) is 0 Å². The summed E-state index contributed by atoms with van der Waals surface area (Å²) in [6, 6.07) is 0. The molecule has 0 spiro atoms. The number of aromatic nitrogens is 2. The molecule has 1 aromatic rings. The Hall–Kier alpha value is -1.32. The van der Waals surface area contributed by atoms with Gasteiger partial charge < -0.3 is 9.88 Å². The standard InChI is InChI=1S/C8H11N3O/c12-7-2-1-5-11(6-7)8-9-3-4-10-8/h3-4H,1-2,5-6H2,(H,9,10). The molecule has 0 atom stereocenters. The molecule has 1 aliphatic heterocycles. The smallest absolute Gasteiger partial charge is 0.203 e. The molecule has 2 heterocycles. The topological polar surface area (TPSA) is 49.0 Å². The average Bonchev–Trinajstić information content (AvgIpc) is 2.56. The van der Waals surface area contributed by atoms with E-state index in [1.165, 1.54) is 0 Å². The molecule has 4 heteroatoms. The summed E-state index contributed by atoms with van der Waals surface area (Å²) in [5.74, 6) is 1.11. The number of ketones is 1. The van der Waals surface area contributed by atoms with Crippen LogP contribution in [0.15, 0.2) is 12.4 Å². The third-order valence-corrected chi connectivity index (χ3v) is 2.03. The van der Waals surface area contributed by atoms with E-state index in [2.05, 4.69) is 9.97 Å². The number of hydrogen-bond acceptors (Lipinski definition) is 3. The van der Waals surface area contributed by atoms with Crippen LogP contribution in [0.2, 0.25) is 0 Å². The number of nitrogens with zero attached hydrogens (tertiary/aromatic N) is 2. The lowest BCUT2D eigenvalue weighted by Crippen LogP contribution is -2.36. The molecule has 0 aromatic carbocycles. The van der Waals surface area contributed by atoms with E-state index in [4.69, 9.17) is 0 Å². The monoisotopic (exact) mass is 165 g/mol. The largest absolute Gasteiger partial charge is 0.335 e. The highest BCUT2D eigenvalue weighted by molar-refractivity contribution is 5.84. The van der Waals surface area contributed by atoms with Crippen LogP contribution in [-0.4, -0.2) is 28.8 Å². The minimum Gasteiger partial charge on any atom is -0.335 e. The van der Waals surface area contributed by atoms with Crippen LogP contribution in [-0.2, 0) is 4.79 Å². The SMILES string of the molecule is O=C1CCCN(c2ncc[nH]2)C1. The van der Waals surface area contributed by atoms with Crippen LogP contribution in [0.3, 0.4) is 0 Å². The molecule has 0 amide bonds. The van der Waals surface area contributed by atoms with Gasteiger partial charge in [0.2, 0.25) is 5.95 Å². The van der Waals surface area contributed by atoms with Gasteiger partial charge >= 0.3 is 0 Å². The molecule has 64 valence electrons. The van der Waals surface area contributed by atoms with Gasteiger partial charge in [0, 0.05) is 25.4 Å². The van der Waals surface area contributed by atoms with Gasteiger partial charge in [-0.2, -0.15) is 0 Å². The zero-order valence-corrected chi connectivity index (χ0v) is 6.79. The first kappa shape index (κ1) is 7.34. The fraction of sp³-hybridized carbons (Fsp3) is 0.500. The molecule has 1 aliphatic rings. The summed E-state index contributed by atoms with van der Waals surface area (Å²) < 4.78 is 0. The van der Waals surface area contributed by atoms with E-state index >= 15 is 0 Å². The minimum absolute atomic E-state index is 0.303. The van der Waals surface area contributed by atoms with Crippen LogP contribution in [0.25, 0.3) is 0 Å². The maximum Gasteiger partial charge on any atom is 0.203 e. The second-order valence-electron chi connectivity index (χ2n) is 2.98. The summed E-state index contributed by atoms with van der Waals surface area (Å²) in [5.41, 5.74) is 0. The number of aromatic amines is 1. The van der Waals surface area contributed by atoms with Crippen LogP contribution in [0.1, 0.15) is 12.8 Å². The van der Waals surface area contributed by atoms with E-state index in [0.717, 1.165) is 25.3 Å². The molecule has 12 heavy (non-hydrogen) atoms. The van der Waals surface area contributed by atoms with E-state index in [-0.39, 0.29) is 0 Å². The first-order valence-corrected chi connectivity index (χ1v) is 4.12. The number of piperidine rings is 1. The predicted molar refractivity (Wildman–Crippen MR) is 45.0 cm³/mol. The van der Waals surface area contributed by atoms with Gasteiger partial charge in [0.05, 0.1) is 6.54 Å². The number of anilines is 1. The zero-order chi connectivity index (χ0) is 8.39. The van der Waals surface area contributed by atoms with Crippen LogP contribution in [0.4, 0.5) is 5.95 Å². The molecule has 0 radical (unpaired) electrons. The first-order valence-electron chi connectivity index (χ1n) is 4.12. The summed E-state index contributed by atoms with van der Waals surface area (Å²) in [6.07, 6.45) is 5.14. The first-order chi connectivity index (χ1) is 5.86. The molecule has 0 saturated carbocycles. The number of carbonyl (C=O) groups excluding carboxylic acids is 1. The Bertz CT molecular complexity index is 268. The third-order valence-electron chi connectivity index (χ3n) is 2.03. The van der Waals surface area contributed by atoms with E-state index in [9.17, 15) is 4.79 Å². The van der Waals surface area contributed by atoms with Gasteiger partial charge in [-0.05, 0) is 6.42 Å². The van der Waals surface area contributed by atoms with Crippen LogP contribution < -0.4 is 4.90 Å². The molecule has 1 fully saturated rings. The van der Waals surface area contributed by atoms with Gasteiger partial charge in [0.15, 0.2) is 5.78 Å². The maximum absolute atomic E-state index is 11.1. The average molecular weight is 165 g/mol. The number of H-pyrrole nitrogens is 1. The van der Waals surface area contributed by atoms with E-state index in [1.807, 2.05) is 4.90 Å². The Kier molecular flexibility index (Phi) is 1.81. The molecule has 1 saturated heterocycles. The Labute approximate surface area is 70.6 Å². The highest BCUT2D eigenvalue weighted by atomic mass is 16.1. The second kappa shape index (κ2) is 2.97. The number of hydrogen-bond donors (Lipinski definition) is 1. The highest BCUT2D eigenvalue weighted by Crippen LogP contribution is 2.12. The van der Waals surface area contributed by atoms with E-state index < -0.39 is 0 Å².